The van der Waals surface area contributed by atoms with Gasteiger partial charge >= 0.3 is 0 Å². The van der Waals surface area contributed by atoms with Crippen LogP contribution in [-0.2, 0) is 20.9 Å². The number of methoxy groups -OCH3 is 1. The standard InChI is InChI=1S/C29H32FIN2O8/c1-39-25-12-17(16-35)11-21(31)27(25)41-24-14-19(28(37)32-8-9-34)13-22(26(24)36)33(29(38)23-7-4-10-40-23)15-18-5-2-3-6-20(18)30/h2-3,5-6,11-12,14,16,22-24,26,34,36H,4,7-10,13,15H2,1H3,(H,32,37)/t22-,23?,24+,26+/m1/s1. The number of ether oxygens (including phenoxy) is 3. The van der Waals surface area contributed by atoms with Gasteiger partial charge in [0, 0.05) is 42.8 Å². The van der Waals surface area contributed by atoms with Crippen LogP contribution in [0.3, 0.4) is 0 Å². The van der Waals surface area contributed by atoms with Gasteiger partial charge < -0.3 is 34.6 Å². The molecule has 41 heavy (non-hydrogen) atoms. The highest BCUT2D eigenvalue weighted by atomic mass is 127. The Morgan fingerprint density at radius 3 is 2.73 bits per heavy atom. The number of aliphatic hydroxyl groups is 2. The molecule has 0 aromatic heterocycles. The largest absolute Gasteiger partial charge is 0.493 e. The summed E-state index contributed by atoms with van der Waals surface area (Å²) in [6, 6.07) is 8.12. The summed E-state index contributed by atoms with van der Waals surface area (Å²) >= 11 is 1.98. The van der Waals surface area contributed by atoms with Crippen LogP contribution < -0.4 is 14.8 Å². The average molecular weight is 682 g/mol. The molecule has 4 rings (SSSR count). The smallest absolute Gasteiger partial charge is 0.252 e. The van der Waals surface area contributed by atoms with Crippen molar-refractivity contribution in [2.45, 2.75) is 50.2 Å². The van der Waals surface area contributed by atoms with Crippen molar-refractivity contribution in [3.8, 4) is 11.5 Å². The quantitative estimate of drug-likeness (QED) is 0.243. The molecule has 0 saturated carbocycles. The number of hydrogen-bond acceptors (Lipinski definition) is 8. The number of carbonyl (C=O) groups is 3. The Balaban J connectivity index is 1.74. The molecule has 1 unspecified atom stereocenters. The van der Waals surface area contributed by atoms with E-state index in [0.29, 0.717) is 34.9 Å². The van der Waals surface area contributed by atoms with E-state index in [9.17, 15) is 29.0 Å². The first-order valence-electron chi connectivity index (χ1n) is 13.2. The van der Waals surface area contributed by atoms with Crippen LogP contribution >= 0.6 is 22.6 Å². The van der Waals surface area contributed by atoms with Crippen LogP contribution in [0.1, 0.15) is 35.2 Å². The fraction of sp³-hybridized carbons (Fsp3) is 0.414. The molecule has 2 aromatic rings. The van der Waals surface area contributed by atoms with E-state index in [1.54, 1.807) is 24.3 Å². The van der Waals surface area contributed by atoms with Gasteiger partial charge in [-0.1, -0.05) is 18.2 Å². The monoisotopic (exact) mass is 682 g/mol. The predicted molar refractivity (Wildman–Crippen MR) is 154 cm³/mol. The van der Waals surface area contributed by atoms with Crippen LogP contribution in [0.2, 0.25) is 0 Å². The van der Waals surface area contributed by atoms with Crippen molar-refractivity contribution >= 4 is 40.7 Å². The summed E-state index contributed by atoms with van der Waals surface area (Å²) < 4.78 is 32.6. The Labute approximate surface area is 250 Å². The van der Waals surface area contributed by atoms with Crippen molar-refractivity contribution in [1.82, 2.24) is 10.2 Å². The third kappa shape index (κ3) is 7.23. The van der Waals surface area contributed by atoms with E-state index in [-0.39, 0.29) is 48.8 Å². The molecular formula is C29H32FIN2O8. The van der Waals surface area contributed by atoms with Gasteiger partial charge in [-0.15, -0.1) is 0 Å². The molecular weight excluding hydrogens is 650 g/mol. The molecule has 2 aromatic carbocycles. The summed E-state index contributed by atoms with van der Waals surface area (Å²) in [5.41, 5.74) is 0.819. The minimum absolute atomic E-state index is 0.00157. The highest BCUT2D eigenvalue weighted by molar-refractivity contribution is 14.1. The zero-order valence-electron chi connectivity index (χ0n) is 22.4. The molecule has 3 N–H and O–H groups in total. The molecule has 0 bridgehead atoms. The van der Waals surface area contributed by atoms with Crippen molar-refractivity contribution in [2.75, 3.05) is 26.9 Å². The van der Waals surface area contributed by atoms with E-state index in [0.717, 1.165) is 0 Å². The minimum atomic E-state index is -1.34. The topological polar surface area (TPSA) is 135 Å². The first kappa shape index (κ1) is 30.9. The molecule has 10 nitrogen and oxygen atoms in total. The van der Waals surface area contributed by atoms with Gasteiger partial charge in [-0.3, -0.25) is 14.4 Å². The molecule has 2 aliphatic rings. The van der Waals surface area contributed by atoms with Crippen LogP contribution in [0, 0.1) is 9.39 Å². The number of aldehydes is 1. The van der Waals surface area contributed by atoms with Gasteiger partial charge in [0.25, 0.3) is 5.91 Å². The van der Waals surface area contributed by atoms with E-state index in [4.69, 9.17) is 14.2 Å². The van der Waals surface area contributed by atoms with E-state index in [2.05, 4.69) is 5.32 Å². The molecule has 0 spiro atoms. The summed E-state index contributed by atoms with van der Waals surface area (Å²) in [4.78, 5) is 39.5. The Bertz CT molecular complexity index is 1300. The first-order valence-corrected chi connectivity index (χ1v) is 14.3. The maximum atomic E-state index is 14.8. The lowest BCUT2D eigenvalue weighted by Gasteiger charge is -2.41. The number of carbonyl (C=O) groups excluding carboxylic acids is 3. The Kier molecular flexibility index (Phi) is 10.7. The summed E-state index contributed by atoms with van der Waals surface area (Å²) in [7, 11) is 1.41. The number of amides is 2. The van der Waals surface area contributed by atoms with E-state index in [1.165, 1.54) is 30.2 Å². The van der Waals surface area contributed by atoms with Gasteiger partial charge in [0.15, 0.2) is 11.5 Å². The second kappa shape index (κ2) is 14.2. The van der Waals surface area contributed by atoms with Crippen LogP contribution in [0.25, 0.3) is 0 Å². The Morgan fingerprint density at radius 2 is 2.07 bits per heavy atom. The number of rotatable bonds is 11. The van der Waals surface area contributed by atoms with Gasteiger partial charge in [0.05, 0.1) is 23.3 Å². The Hall–Kier alpha value is -3.07. The zero-order chi connectivity index (χ0) is 29.5. The highest BCUT2D eigenvalue weighted by Crippen LogP contribution is 2.37. The lowest BCUT2D eigenvalue weighted by molar-refractivity contribution is -0.149. The van der Waals surface area contributed by atoms with Crippen LogP contribution in [-0.4, -0.2) is 84.4 Å². The molecule has 1 aliphatic carbocycles. The lowest BCUT2D eigenvalue weighted by Crippen LogP contribution is -2.56. The van der Waals surface area contributed by atoms with Crippen LogP contribution in [0.5, 0.6) is 11.5 Å². The summed E-state index contributed by atoms with van der Waals surface area (Å²) in [5.74, 6) is -0.958. The summed E-state index contributed by atoms with van der Waals surface area (Å²) in [6.45, 7) is -0.0329. The Morgan fingerprint density at radius 1 is 1.29 bits per heavy atom. The summed E-state index contributed by atoms with van der Waals surface area (Å²) in [5, 5.41) is 23.5. The number of nitrogens with one attached hydrogen (secondary N) is 1. The molecule has 1 heterocycles. The van der Waals surface area contributed by atoms with E-state index >= 15 is 0 Å². The first-order chi connectivity index (χ1) is 19.8. The van der Waals surface area contributed by atoms with Gasteiger partial charge in [-0.25, -0.2) is 4.39 Å². The number of halogens is 2. The third-order valence-corrected chi connectivity index (χ3v) is 7.84. The second-order valence-electron chi connectivity index (χ2n) is 9.73. The minimum Gasteiger partial charge on any atom is -0.493 e. The van der Waals surface area contributed by atoms with E-state index in [1.807, 2.05) is 22.6 Å². The molecule has 1 saturated heterocycles. The molecule has 2 amide bonds. The zero-order valence-corrected chi connectivity index (χ0v) is 24.6. The maximum absolute atomic E-state index is 14.8. The third-order valence-electron chi connectivity index (χ3n) is 7.04. The maximum Gasteiger partial charge on any atom is 0.252 e. The van der Waals surface area contributed by atoms with Crippen molar-refractivity contribution in [3.05, 3.63) is 68.6 Å². The molecule has 12 heteroatoms. The molecule has 0 radical (unpaired) electrons. The molecule has 1 aliphatic heterocycles. The van der Waals surface area contributed by atoms with Crippen LogP contribution in [0.15, 0.2) is 48.0 Å². The van der Waals surface area contributed by atoms with Gasteiger partial charge in [-0.2, -0.15) is 0 Å². The normalized spacial score (nSPS) is 22.0. The van der Waals surface area contributed by atoms with Crippen molar-refractivity contribution in [1.29, 1.82) is 0 Å². The number of aliphatic hydroxyl groups excluding tert-OH is 2. The van der Waals surface area contributed by atoms with Gasteiger partial charge in [-0.05, 0) is 59.7 Å². The fourth-order valence-corrected chi connectivity index (χ4v) is 5.72. The van der Waals surface area contributed by atoms with Crippen molar-refractivity contribution < 1.29 is 43.2 Å². The number of hydrogen-bond donors (Lipinski definition) is 3. The molecule has 1 fully saturated rings. The predicted octanol–water partition coefficient (Wildman–Crippen LogP) is 2.37. The van der Waals surface area contributed by atoms with E-state index < -0.39 is 42.0 Å². The summed E-state index contributed by atoms with van der Waals surface area (Å²) in [6.07, 6.45) is 0.0170. The van der Waals surface area contributed by atoms with Crippen molar-refractivity contribution in [2.24, 2.45) is 0 Å². The number of nitrogens with zero attached hydrogens (tertiary/aromatic N) is 1. The molecule has 4 atom stereocenters. The van der Waals surface area contributed by atoms with Crippen LogP contribution in [0.4, 0.5) is 4.39 Å². The average Bonchev–Trinajstić information content (AvgIpc) is 3.52. The SMILES string of the molecule is COc1cc(C=O)cc(I)c1O[C@H]1C=C(C(=O)NCCO)C[C@@H](N(Cc2ccccc2F)C(=O)C2CCCO2)[C@@H]1O. The van der Waals surface area contributed by atoms with Gasteiger partial charge in [0.1, 0.15) is 30.4 Å². The lowest BCUT2D eigenvalue weighted by atomic mass is 9.87. The van der Waals surface area contributed by atoms with Crippen molar-refractivity contribution in [3.63, 3.8) is 0 Å². The highest BCUT2D eigenvalue weighted by Gasteiger charge is 2.43. The second-order valence-corrected chi connectivity index (χ2v) is 10.9. The molecule has 220 valence electrons. The number of benzene rings is 2. The van der Waals surface area contributed by atoms with Gasteiger partial charge in [0.2, 0.25) is 5.91 Å². The fourth-order valence-electron chi connectivity index (χ4n) is 4.96.